The van der Waals surface area contributed by atoms with Crippen molar-refractivity contribution >= 4 is 5.97 Å². The highest BCUT2D eigenvalue weighted by molar-refractivity contribution is 5.75. The van der Waals surface area contributed by atoms with E-state index in [1.165, 1.54) is 0 Å². The van der Waals surface area contributed by atoms with Crippen LogP contribution in [0.5, 0.6) is 0 Å². The molecule has 2 N–H and O–H groups in total. The summed E-state index contributed by atoms with van der Waals surface area (Å²) in [7, 11) is 0. The van der Waals surface area contributed by atoms with E-state index in [0.717, 1.165) is 12.8 Å². The van der Waals surface area contributed by atoms with Gasteiger partial charge >= 0.3 is 5.97 Å². The van der Waals surface area contributed by atoms with E-state index in [-0.39, 0.29) is 5.41 Å². The molecule has 0 heterocycles. The summed E-state index contributed by atoms with van der Waals surface area (Å²) >= 11 is 0. The molecule has 0 amide bonds. The lowest BCUT2D eigenvalue weighted by atomic mass is 9.99. The minimum absolute atomic E-state index is 0.327. The van der Waals surface area contributed by atoms with Crippen LogP contribution < -0.4 is 5.73 Å². The molecule has 0 aromatic rings. The fourth-order valence-corrected chi connectivity index (χ4v) is 1.27. The summed E-state index contributed by atoms with van der Waals surface area (Å²) in [6.07, 6.45) is 2.15. The number of rotatable bonds is 4. The Kier molecular flexibility index (Phi) is 2.89. The Morgan fingerprint density at radius 3 is 2.77 bits per heavy atom. The Morgan fingerprint density at radius 2 is 2.38 bits per heavy atom. The first-order valence-electron chi connectivity index (χ1n) is 4.47. The van der Waals surface area contributed by atoms with Gasteiger partial charge in [0.2, 0.25) is 0 Å². The molecule has 0 bridgehead atoms. The highest BCUT2D eigenvalue weighted by Crippen LogP contribution is 2.48. The van der Waals surface area contributed by atoms with Gasteiger partial charge in [0.15, 0.2) is 0 Å². The molecule has 1 fully saturated rings. The number of hydrogen-bond donors (Lipinski definition) is 1. The van der Waals surface area contributed by atoms with Gasteiger partial charge in [-0.25, -0.2) is 0 Å². The number of nitriles is 1. The van der Waals surface area contributed by atoms with E-state index >= 15 is 0 Å². The smallest absolute Gasteiger partial charge is 0.322 e. The summed E-state index contributed by atoms with van der Waals surface area (Å²) in [4.78, 5) is 11.1. The van der Waals surface area contributed by atoms with Crippen LogP contribution in [0.25, 0.3) is 0 Å². The van der Waals surface area contributed by atoms with Gasteiger partial charge < -0.3 is 10.5 Å². The first-order valence-corrected chi connectivity index (χ1v) is 4.47. The Labute approximate surface area is 77.7 Å². The third-order valence-corrected chi connectivity index (χ3v) is 2.29. The Morgan fingerprint density at radius 1 is 1.77 bits per heavy atom. The zero-order valence-corrected chi connectivity index (χ0v) is 7.75. The molecular formula is C9H14N2O2. The maximum absolute atomic E-state index is 11.1. The average Bonchev–Trinajstić information content (AvgIpc) is 2.86. The zero-order chi connectivity index (χ0) is 9.90. The van der Waals surface area contributed by atoms with E-state index < -0.39 is 12.0 Å². The Balaban J connectivity index is 2.37. The molecule has 1 aliphatic rings. The van der Waals surface area contributed by atoms with Crippen LogP contribution in [0, 0.1) is 16.7 Å². The van der Waals surface area contributed by atoms with Crippen molar-refractivity contribution in [3.05, 3.63) is 0 Å². The second kappa shape index (κ2) is 3.75. The maximum Gasteiger partial charge on any atom is 0.322 e. The summed E-state index contributed by atoms with van der Waals surface area (Å²) in [5, 5.41) is 8.76. The monoisotopic (exact) mass is 182 g/mol. The number of esters is 1. The van der Waals surface area contributed by atoms with Crippen molar-refractivity contribution in [2.75, 3.05) is 6.61 Å². The van der Waals surface area contributed by atoms with E-state index in [0.29, 0.717) is 13.0 Å². The van der Waals surface area contributed by atoms with Crippen molar-refractivity contribution in [3.8, 4) is 6.07 Å². The fourth-order valence-electron chi connectivity index (χ4n) is 1.27. The van der Waals surface area contributed by atoms with Crippen molar-refractivity contribution in [1.29, 1.82) is 5.26 Å². The number of carbonyl (C=O) groups excluding carboxylic acids is 1. The molecule has 0 saturated heterocycles. The predicted molar refractivity (Wildman–Crippen MR) is 46.5 cm³/mol. The van der Waals surface area contributed by atoms with Crippen LogP contribution in [0.4, 0.5) is 0 Å². The first-order chi connectivity index (χ1) is 6.13. The molecule has 0 aromatic heterocycles. The molecule has 1 rings (SSSR count). The van der Waals surface area contributed by atoms with E-state index in [9.17, 15) is 4.79 Å². The third-order valence-electron chi connectivity index (χ3n) is 2.29. The highest BCUT2D eigenvalue weighted by Gasteiger charge is 2.45. The highest BCUT2D eigenvalue weighted by atomic mass is 16.5. The van der Waals surface area contributed by atoms with E-state index in [1.54, 1.807) is 6.92 Å². The molecule has 0 aliphatic heterocycles. The van der Waals surface area contributed by atoms with Crippen LogP contribution in [0.2, 0.25) is 0 Å². The summed E-state index contributed by atoms with van der Waals surface area (Å²) in [6, 6.07) is 1.56. The molecule has 0 aromatic carbocycles. The number of carbonyl (C=O) groups is 1. The Hall–Kier alpha value is -1.08. The number of ether oxygens (including phenoxy) is 1. The van der Waals surface area contributed by atoms with Crippen molar-refractivity contribution in [3.63, 3.8) is 0 Å². The lowest BCUT2D eigenvalue weighted by Crippen LogP contribution is -2.34. The summed E-state index contributed by atoms with van der Waals surface area (Å²) in [5.74, 6) is -0.399. The lowest BCUT2D eigenvalue weighted by molar-refractivity contribution is -0.145. The van der Waals surface area contributed by atoms with Crippen molar-refractivity contribution < 1.29 is 9.53 Å². The van der Waals surface area contributed by atoms with Gasteiger partial charge in [-0.2, -0.15) is 5.26 Å². The van der Waals surface area contributed by atoms with Crippen molar-refractivity contribution in [2.24, 2.45) is 11.1 Å². The molecule has 0 radical (unpaired) electrons. The topological polar surface area (TPSA) is 76.1 Å². The van der Waals surface area contributed by atoms with Gasteiger partial charge in [0, 0.05) is 0 Å². The second-order valence-electron chi connectivity index (χ2n) is 3.45. The van der Waals surface area contributed by atoms with Crippen molar-refractivity contribution in [1.82, 2.24) is 0 Å². The molecule has 1 aliphatic carbocycles. The van der Waals surface area contributed by atoms with E-state index in [2.05, 4.69) is 6.07 Å². The third kappa shape index (κ3) is 2.43. The molecule has 4 heteroatoms. The van der Waals surface area contributed by atoms with Crippen LogP contribution in [-0.2, 0) is 9.53 Å². The van der Waals surface area contributed by atoms with Gasteiger partial charge in [-0.05, 0) is 26.2 Å². The number of nitrogens with zero attached hydrogens (tertiary/aromatic N) is 1. The van der Waals surface area contributed by atoms with Gasteiger partial charge in [0.1, 0.15) is 6.04 Å². The number of nitrogens with two attached hydrogens (primary N) is 1. The molecule has 13 heavy (non-hydrogen) atoms. The molecule has 0 spiro atoms. The SMILES string of the molecule is CCOC(=O)C(N)CC1(C#N)CC1. The predicted octanol–water partition coefficient (Wildman–Crippen LogP) is 0.571. The normalized spacial score (nSPS) is 20.1. The second-order valence-corrected chi connectivity index (χ2v) is 3.45. The van der Waals surface area contributed by atoms with Crippen LogP contribution >= 0.6 is 0 Å². The molecule has 1 atom stereocenters. The zero-order valence-electron chi connectivity index (χ0n) is 7.75. The number of hydrogen-bond acceptors (Lipinski definition) is 4. The van der Waals surface area contributed by atoms with Crippen LogP contribution in [0.15, 0.2) is 0 Å². The van der Waals surface area contributed by atoms with Gasteiger partial charge in [0.05, 0.1) is 18.1 Å². The van der Waals surface area contributed by atoms with E-state index in [1.807, 2.05) is 0 Å². The summed E-state index contributed by atoms with van der Waals surface area (Å²) < 4.78 is 4.75. The molecule has 72 valence electrons. The largest absolute Gasteiger partial charge is 0.465 e. The molecule has 4 nitrogen and oxygen atoms in total. The molecule has 1 saturated carbocycles. The van der Waals surface area contributed by atoms with Gasteiger partial charge in [-0.15, -0.1) is 0 Å². The lowest BCUT2D eigenvalue weighted by Gasteiger charge is -2.12. The maximum atomic E-state index is 11.1. The summed E-state index contributed by atoms with van der Waals surface area (Å²) in [6.45, 7) is 2.08. The van der Waals surface area contributed by atoms with Crippen LogP contribution in [0.3, 0.4) is 0 Å². The fraction of sp³-hybridized carbons (Fsp3) is 0.778. The minimum Gasteiger partial charge on any atom is -0.465 e. The Bertz CT molecular complexity index is 240. The van der Waals surface area contributed by atoms with Crippen molar-refractivity contribution in [2.45, 2.75) is 32.2 Å². The first kappa shape index (κ1) is 10.0. The molecule has 1 unspecified atom stereocenters. The quantitative estimate of drug-likeness (QED) is 0.645. The minimum atomic E-state index is -0.637. The molecular weight excluding hydrogens is 168 g/mol. The van der Waals surface area contributed by atoms with E-state index in [4.69, 9.17) is 15.7 Å². The summed E-state index contributed by atoms with van der Waals surface area (Å²) in [5.41, 5.74) is 5.25. The standard InChI is InChI=1S/C9H14N2O2/c1-2-13-8(12)7(11)5-9(6-10)3-4-9/h7H,2-5,11H2,1H3. The van der Waals surface area contributed by atoms with Gasteiger partial charge in [0.25, 0.3) is 0 Å². The van der Waals surface area contributed by atoms with Crippen LogP contribution in [0.1, 0.15) is 26.2 Å². The van der Waals surface area contributed by atoms with Crippen LogP contribution in [-0.4, -0.2) is 18.6 Å². The van der Waals surface area contributed by atoms with Gasteiger partial charge in [-0.1, -0.05) is 0 Å². The average molecular weight is 182 g/mol. The van der Waals surface area contributed by atoms with Gasteiger partial charge in [-0.3, -0.25) is 4.79 Å².